The fourth-order valence-corrected chi connectivity index (χ4v) is 5.34. The molecule has 0 aliphatic carbocycles. The van der Waals surface area contributed by atoms with Crippen LogP contribution in [0.2, 0.25) is 5.02 Å². The minimum absolute atomic E-state index is 0.0860. The predicted molar refractivity (Wildman–Crippen MR) is 84.5 cm³/mol. The lowest BCUT2D eigenvalue weighted by Crippen LogP contribution is -2.42. The maximum Gasteiger partial charge on any atom is 0.243 e. The second-order valence-corrected chi connectivity index (χ2v) is 8.55. The van der Waals surface area contributed by atoms with Crippen LogP contribution in [-0.4, -0.2) is 28.1 Å². The van der Waals surface area contributed by atoms with Gasteiger partial charge in [-0.15, -0.1) is 0 Å². The number of nitrogens with one attached hydrogen (secondary N) is 2. The normalized spacial score (nSPS) is 18.7. The number of piperidine rings is 1. The smallest absolute Gasteiger partial charge is 0.243 e. The van der Waals surface area contributed by atoms with Crippen LogP contribution in [0.15, 0.2) is 21.5 Å². The van der Waals surface area contributed by atoms with E-state index in [0.717, 1.165) is 38.1 Å². The van der Waals surface area contributed by atoms with Crippen molar-refractivity contribution in [3.05, 3.63) is 27.4 Å². The predicted octanol–water partition coefficient (Wildman–Crippen LogP) is 2.91. The lowest BCUT2D eigenvalue weighted by molar-refractivity contribution is 0.232. The summed E-state index contributed by atoms with van der Waals surface area (Å²) in [5.74, 6) is -0.587. The highest BCUT2D eigenvalue weighted by Crippen LogP contribution is 2.32. The summed E-state index contributed by atoms with van der Waals surface area (Å²) < 4.78 is 40.7. The van der Waals surface area contributed by atoms with E-state index in [9.17, 15) is 12.8 Å². The molecule has 0 atom stereocenters. The van der Waals surface area contributed by atoms with Gasteiger partial charge in [-0.05, 0) is 59.4 Å². The summed E-state index contributed by atoms with van der Waals surface area (Å²) in [5.41, 5.74) is -0.0860. The van der Waals surface area contributed by atoms with E-state index in [0.29, 0.717) is 6.54 Å². The van der Waals surface area contributed by atoms with E-state index in [2.05, 4.69) is 32.9 Å². The maximum atomic E-state index is 13.2. The van der Waals surface area contributed by atoms with Gasteiger partial charge in [0.25, 0.3) is 0 Å². The van der Waals surface area contributed by atoms with Gasteiger partial charge in [0.05, 0.1) is 5.02 Å². The van der Waals surface area contributed by atoms with Gasteiger partial charge < -0.3 is 5.32 Å². The lowest BCUT2D eigenvalue weighted by Gasteiger charge is -2.34. The average Bonchev–Trinajstić information content (AvgIpc) is 2.36. The van der Waals surface area contributed by atoms with Crippen LogP contribution in [0.4, 0.5) is 4.39 Å². The van der Waals surface area contributed by atoms with Crippen LogP contribution in [0.1, 0.15) is 19.8 Å². The molecule has 4 nitrogen and oxygen atoms in total. The van der Waals surface area contributed by atoms with Crippen LogP contribution in [0.25, 0.3) is 0 Å². The molecule has 0 amide bonds. The van der Waals surface area contributed by atoms with Gasteiger partial charge >= 0.3 is 0 Å². The average molecular weight is 400 g/mol. The molecule has 1 heterocycles. The van der Waals surface area contributed by atoms with Gasteiger partial charge in [-0.25, -0.2) is 17.5 Å². The third-order valence-corrected chi connectivity index (χ3v) is 6.53. The van der Waals surface area contributed by atoms with Gasteiger partial charge in [0, 0.05) is 11.0 Å². The molecule has 0 spiro atoms. The zero-order chi connectivity index (χ0) is 15.7. The fraction of sp³-hybridized carbons (Fsp3) is 0.538. The first kappa shape index (κ1) is 17.1. The molecule has 1 aliphatic heterocycles. The number of hydrogen-bond acceptors (Lipinski definition) is 3. The van der Waals surface area contributed by atoms with Crippen LogP contribution in [-0.2, 0) is 10.0 Å². The summed E-state index contributed by atoms with van der Waals surface area (Å²) in [6, 6.07) is 2.08. The van der Waals surface area contributed by atoms with Crippen molar-refractivity contribution in [3.63, 3.8) is 0 Å². The highest BCUT2D eigenvalue weighted by molar-refractivity contribution is 9.10. The molecule has 0 radical (unpaired) electrons. The van der Waals surface area contributed by atoms with Crippen LogP contribution in [0, 0.1) is 11.2 Å². The molecule has 0 bridgehead atoms. The summed E-state index contributed by atoms with van der Waals surface area (Å²) in [4.78, 5) is -0.122. The molecule has 0 aromatic heterocycles. The SMILES string of the molecule is CC1(CNS(=O)(=O)c2c(Cl)cc(F)cc2Br)CCNCC1. The van der Waals surface area contributed by atoms with Crippen molar-refractivity contribution in [1.82, 2.24) is 10.0 Å². The van der Waals surface area contributed by atoms with E-state index in [-0.39, 0.29) is 19.8 Å². The Hall–Kier alpha value is -0.210. The number of halogens is 3. The molecular weight excluding hydrogens is 383 g/mol. The van der Waals surface area contributed by atoms with Gasteiger partial charge in [-0.2, -0.15) is 0 Å². The van der Waals surface area contributed by atoms with Crippen molar-refractivity contribution in [2.45, 2.75) is 24.7 Å². The third-order valence-electron chi connectivity index (χ3n) is 3.73. The molecule has 21 heavy (non-hydrogen) atoms. The number of rotatable bonds is 4. The lowest BCUT2D eigenvalue weighted by atomic mass is 9.81. The topological polar surface area (TPSA) is 58.2 Å². The summed E-state index contributed by atoms with van der Waals surface area (Å²) in [7, 11) is -3.79. The molecule has 0 unspecified atom stereocenters. The van der Waals surface area contributed by atoms with Crippen molar-refractivity contribution in [2.24, 2.45) is 5.41 Å². The molecule has 118 valence electrons. The number of hydrogen-bond donors (Lipinski definition) is 2. The Morgan fingerprint density at radius 2 is 2.05 bits per heavy atom. The Bertz CT molecular complexity index is 610. The van der Waals surface area contributed by atoms with Crippen molar-refractivity contribution < 1.29 is 12.8 Å². The standard InChI is InChI=1S/C13H17BrClFN2O2S/c1-13(2-4-17-5-3-13)8-18-21(19,20)12-10(14)6-9(16)7-11(12)15/h6-7,17-18H,2-5,8H2,1H3. The zero-order valence-corrected chi connectivity index (χ0v) is 14.7. The van der Waals surface area contributed by atoms with E-state index in [1.807, 2.05) is 0 Å². The first-order valence-corrected chi connectivity index (χ1v) is 9.24. The maximum absolute atomic E-state index is 13.2. The molecule has 1 aliphatic rings. The largest absolute Gasteiger partial charge is 0.317 e. The van der Waals surface area contributed by atoms with Crippen LogP contribution in [0.3, 0.4) is 0 Å². The Morgan fingerprint density at radius 3 is 2.62 bits per heavy atom. The summed E-state index contributed by atoms with van der Waals surface area (Å²) in [6.45, 7) is 4.13. The molecule has 1 aromatic rings. The van der Waals surface area contributed by atoms with Crippen LogP contribution in [0.5, 0.6) is 0 Å². The highest BCUT2D eigenvalue weighted by Gasteiger charge is 2.30. The van der Waals surface area contributed by atoms with E-state index in [1.54, 1.807) is 0 Å². The van der Waals surface area contributed by atoms with Crippen molar-refractivity contribution in [1.29, 1.82) is 0 Å². The molecule has 1 aromatic carbocycles. The first-order valence-electron chi connectivity index (χ1n) is 6.58. The molecule has 8 heteroatoms. The second-order valence-electron chi connectivity index (χ2n) is 5.58. The fourth-order valence-electron chi connectivity index (χ4n) is 2.33. The van der Waals surface area contributed by atoms with Gasteiger partial charge in [-0.1, -0.05) is 18.5 Å². The van der Waals surface area contributed by atoms with Gasteiger partial charge in [0.15, 0.2) is 0 Å². The van der Waals surface area contributed by atoms with E-state index in [4.69, 9.17) is 11.6 Å². The summed E-state index contributed by atoms with van der Waals surface area (Å²) in [6.07, 6.45) is 1.79. The first-order chi connectivity index (χ1) is 9.73. The van der Waals surface area contributed by atoms with E-state index < -0.39 is 15.8 Å². The summed E-state index contributed by atoms with van der Waals surface area (Å²) >= 11 is 8.94. The minimum atomic E-state index is -3.79. The van der Waals surface area contributed by atoms with Crippen molar-refractivity contribution in [3.8, 4) is 0 Å². The van der Waals surface area contributed by atoms with Crippen LogP contribution >= 0.6 is 27.5 Å². The van der Waals surface area contributed by atoms with E-state index in [1.165, 1.54) is 0 Å². The zero-order valence-electron chi connectivity index (χ0n) is 11.5. The highest BCUT2D eigenvalue weighted by atomic mass is 79.9. The monoisotopic (exact) mass is 398 g/mol. The van der Waals surface area contributed by atoms with Crippen LogP contribution < -0.4 is 10.0 Å². The van der Waals surface area contributed by atoms with Crippen molar-refractivity contribution in [2.75, 3.05) is 19.6 Å². The Kier molecular flexibility index (Phi) is 5.31. The third kappa shape index (κ3) is 4.16. The molecule has 0 saturated carbocycles. The van der Waals surface area contributed by atoms with E-state index >= 15 is 0 Å². The molecular formula is C13H17BrClFN2O2S. The molecule has 1 fully saturated rings. The minimum Gasteiger partial charge on any atom is -0.317 e. The quantitative estimate of drug-likeness (QED) is 0.818. The second kappa shape index (κ2) is 6.50. The van der Waals surface area contributed by atoms with Gasteiger partial charge in [0.2, 0.25) is 10.0 Å². The van der Waals surface area contributed by atoms with Gasteiger partial charge in [-0.3, -0.25) is 0 Å². The Morgan fingerprint density at radius 1 is 1.43 bits per heavy atom. The number of sulfonamides is 1. The van der Waals surface area contributed by atoms with Crippen molar-refractivity contribution >= 4 is 37.6 Å². The molecule has 2 rings (SSSR count). The molecule has 1 saturated heterocycles. The number of benzene rings is 1. The Labute approximate surface area is 137 Å². The molecule has 2 N–H and O–H groups in total. The summed E-state index contributed by atoms with van der Waals surface area (Å²) in [5, 5.41) is 3.11. The Balaban J connectivity index is 2.19. The van der Waals surface area contributed by atoms with Gasteiger partial charge in [0.1, 0.15) is 10.7 Å².